The quantitative estimate of drug-likeness (QED) is 0.829. The molecule has 0 radical (unpaired) electrons. The first-order valence-corrected chi connectivity index (χ1v) is 11.1. The number of thiophene rings is 1. The van der Waals surface area contributed by atoms with Crippen LogP contribution < -0.4 is 5.32 Å². The normalized spacial score (nSPS) is 17.1. The van der Waals surface area contributed by atoms with Crippen molar-refractivity contribution >= 4 is 27.1 Å². The summed E-state index contributed by atoms with van der Waals surface area (Å²) in [6.07, 6.45) is 5.15. The van der Waals surface area contributed by atoms with Gasteiger partial charge in [-0.15, -0.1) is 11.3 Å². The van der Waals surface area contributed by atoms with E-state index in [0.717, 1.165) is 30.6 Å². The fourth-order valence-corrected chi connectivity index (χ4v) is 6.12. The molecule has 1 aliphatic rings. The smallest absolute Gasteiger partial charge is 0.223 e. The second-order valence-electron chi connectivity index (χ2n) is 6.44. The lowest BCUT2D eigenvalue weighted by atomic mass is 9.89. The van der Waals surface area contributed by atoms with Crippen LogP contribution in [0, 0.1) is 5.92 Å². The molecule has 6 heteroatoms. The van der Waals surface area contributed by atoms with Crippen LogP contribution in [0.1, 0.15) is 42.2 Å². The monoisotopic (exact) mass is 377 g/mol. The zero-order valence-electron chi connectivity index (χ0n) is 14.1. The molecule has 4 nitrogen and oxygen atoms in total. The van der Waals surface area contributed by atoms with Crippen molar-refractivity contribution in [2.45, 2.75) is 42.2 Å². The van der Waals surface area contributed by atoms with Crippen LogP contribution in [0.2, 0.25) is 0 Å². The largest absolute Gasteiger partial charge is 0.354 e. The Morgan fingerprint density at radius 1 is 1.08 bits per heavy atom. The highest BCUT2D eigenvalue weighted by molar-refractivity contribution is 7.91. The average molecular weight is 378 g/mol. The first-order chi connectivity index (χ1) is 12.1. The molecule has 2 aromatic rings. The van der Waals surface area contributed by atoms with Crippen molar-refractivity contribution in [1.82, 2.24) is 5.32 Å². The van der Waals surface area contributed by atoms with Crippen molar-refractivity contribution in [1.29, 1.82) is 0 Å². The maximum absolute atomic E-state index is 13.1. The number of hydrogen-bond acceptors (Lipinski definition) is 4. The van der Waals surface area contributed by atoms with E-state index in [1.54, 1.807) is 30.3 Å². The number of hydrogen-bond donors (Lipinski definition) is 1. The Balaban J connectivity index is 1.78. The van der Waals surface area contributed by atoms with E-state index in [1.807, 2.05) is 17.5 Å². The molecule has 0 aliphatic heterocycles. The standard InChI is InChI=1S/C19H23NO3S2/c21-19(15-8-3-1-4-9-15)20-14-18(17-12-7-13-24-17)25(22,23)16-10-5-2-6-11-16/h2,5-7,10-13,15,18H,1,3-4,8-9,14H2,(H,20,21). The number of nitrogens with one attached hydrogen (secondary N) is 1. The topological polar surface area (TPSA) is 63.2 Å². The van der Waals surface area contributed by atoms with Gasteiger partial charge in [0.25, 0.3) is 0 Å². The van der Waals surface area contributed by atoms with Crippen molar-refractivity contribution in [2.75, 3.05) is 6.54 Å². The molecule has 1 saturated carbocycles. The van der Waals surface area contributed by atoms with E-state index in [1.165, 1.54) is 17.8 Å². The lowest BCUT2D eigenvalue weighted by Crippen LogP contribution is -2.36. The molecule has 1 N–H and O–H groups in total. The lowest BCUT2D eigenvalue weighted by molar-refractivity contribution is -0.125. The Hall–Kier alpha value is -1.66. The number of rotatable bonds is 6. The van der Waals surface area contributed by atoms with Gasteiger partial charge in [-0.2, -0.15) is 0 Å². The molecule has 0 saturated heterocycles. The molecule has 0 spiro atoms. The van der Waals surface area contributed by atoms with E-state index >= 15 is 0 Å². The maximum atomic E-state index is 13.1. The molecule has 1 fully saturated rings. The molecule has 1 aliphatic carbocycles. The van der Waals surface area contributed by atoms with Crippen LogP contribution in [-0.2, 0) is 14.6 Å². The minimum Gasteiger partial charge on any atom is -0.354 e. The summed E-state index contributed by atoms with van der Waals surface area (Å²) in [7, 11) is -3.55. The number of sulfone groups is 1. The molecular weight excluding hydrogens is 354 g/mol. The molecule has 25 heavy (non-hydrogen) atoms. The third-order valence-electron chi connectivity index (χ3n) is 4.74. The van der Waals surface area contributed by atoms with Crippen LogP contribution in [-0.4, -0.2) is 20.9 Å². The van der Waals surface area contributed by atoms with Gasteiger partial charge in [-0.05, 0) is 36.4 Å². The van der Waals surface area contributed by atoms with Gasteiger partial charge in [0.05, 0.1) is 4.90 Å². The van der Waals surface area contributed by atoms with Crippen LogP contribution in [0.25, 0.3) is 0 Å². The zero-order valence-corrected chi connectivity index (χ0v) is 15.7. The van der Waals surface area contributed by atoms with Gasteiger partial charge >= 0.3 is 0 Å². The van der Waals surface area contributed by atoms with E-state index < -0.39 is 15.1 Å². The second-order valence-corrected chi connectivity index (χ2v) is 9.55. The first-order valence-electron chi connectivity index (χ1n) is 8.69. The minimum absolute atomic E-state index is 0.00971. The summed E-state index contributed by atoms with van der Waals surface area (Å²) in [6.45, 7) is 0.118. The number of carbonyl (C=O) groups is 1. The van der Waals surface area contributed by atoms with E-state index in [0.29, 0.717) is 4.90 Å². The van der Waals surface area contributed by atoms with Gasteiger partial charge in [-0.3, -0.25) is 4.79 Å². The van der Waals surface area contributed by atoms with Crippen molar-refractivity contribution in [3.05, 3.63) is 52.7 Å². The van der Waals surface area contributed by atoms with Gasteiger partial charge in [0, 0.05) is 17.3 Å². The van der Waals surface area contributed by atoms with Crippen LogP contribution in [0.3, 0.4) is 0 Å². The molecule has 1 unspecified atom stereocenters. The van der Waals surface area contributed by atoms with Crippen LogP contribution >= 0.6 is 11.3 Å². The SMILES string of the molecule is O=C(NCC(c1cccs1)S(=O)(=O)c1ccccc1)C1CCCCC1. The second kappa shape index (κ2) is 8.15. The molecular formula is C19H23NO3S2. The van der Waals surface area contributed by atoms with E-state index in [2.05, 4.69) is 5.32 Å². The molecule has 3 rings (SSSR count). The molecule has 0 bridgehead atoms. The minimum atomic E-state index is -3.55. The summed E-state index contributed by atoms with van der Waals surface area (Å²) in [6, 6.07) is 12.1. The Bertz CT molecular complexity index is 779. The summed E-state index contributed by atoms with van der Waals surface area (Å²) in [4.78, 5) is 13.5. The van der Waals surface area contributed by atoms with Gasteiger partial charge in [0.1, 0.15) is 5.25 Å². The third kappa shape index (κ3) is 4.30. The van der Waals surface area contributed by atoms with Gasteiger partial charge in [0.2, 0.25) is 5.91 Å². The summed E-state index contributed by atoms with van der Waals surface area (Å²) in [5, 5.41) is 4.02. The predicted octanol–water partition coefficient (Wildman–Crippen LogP) is 3.96. The van der Waals surface area contributed by atoms with Crippen molar-refractivity contribution in [2.24, 2.45) is 5.92 Å². The van der Waals surface area contributed by atoms with Crippen LogP contribution in [0.15, 0.2) is 52.7 Å². The third-order valence-corrected chi connectivity index (χ3v) is 7.98. The van der Waals surface area contributed by atoms with Crippen molar-refractivity contribution in [3.8, 4) is 0 Å². The molecule has 134 valence electrons. The fraction of sp³-hybridized carbons (Fsp3) is 0.421. The Labute approximate surface area is 153 Å². The molecule has 1 heterocycles. The van der Waals surface area contributed by atoms with E-state index in [9.17, 15) is 13.2 Å². The summed E-state index contributed by atoms with van der Waals surface area (Å²) in [5.74, 6) is 0.0154. The average Bonchev–Trinajstić information content (AvgIpc) is 3.17. The van der Waals surface area contributed by atoms with Crippen LogP contribution in [0.5, 0.6) is 0 Å². The Morgan fingerprint density at radius 2 is 1.80 bits per heavy atom. The van der Waals surface area contributed by atoms with Gasteiger partial charge in [-0.25, -0.2) is 8.42 Å². The molecule has 1 atom stereocenters. The summed E-state index contributed by atoms with van der Waals surface area (Å²) < 4.78 is 26.1. The zero-order chi connectivity index (χ0) is 17.7. The summed E-state index contributed by atoms with van der Waals surface area (Å²) in [5.41, 5.74) is 0. The van der Waals surface area contributed by atoms with E-state index in [-0.39, 0.29) is 18.4 Å². The van der Waals surface area contributed by atoms with E-state index in [4.69, 9.17) is 0 Å². The lowest BCUT2D eigenvalue weighted by Gasteiger charge is -2.23. The summed E-state index contributed by atoms with van der Waals surface area (Å²) >= 11 is 1.41. The number of amides is 1. The first kappa shape index (κ1) is 18.1. The molecule has 1 aromatic heterocycles. The predicted molar refractivity (Wildman–Crippen MR) is 100 cm³/mol. The number of benzene rings is 1. The van der Waals surface area contributed by atoms with Crippen molar-refractivity contribution < 1.29 is 13.2 Å². The van der Waals surface area contributed by atoms with Gasteiger partial charge in [0.15, 0.2) is 9.84 Å². The molecule has 1 amide bonds. The maximum Gasteiger partial charge on any atom is 0.223 e. The van der Waals surface area contributed by atoms with Gasteiger partial charge in [-0.1, -0.05) is 43.5 Å². The van der Waals surface area contributed by atoms with Crippen molar-refractivity contribution in [3.63, 3.8) is 0 Å². The fourth-order valence-electron chi connectivity index (χ4n) is 3.31. The van der Waals surface area contributed by atoms with Crippen LogP contribution in [0.4, 0.5) is 0 Å². The highest BCUT2D eigenvalue weighted by atomic mass is 32.2. The number of carbonyl (C=O) groups excluding carboxylic acids is 1. The Morgan fingerprint density at radius 3 is 2.44 bits per heavy atom. The highest BCUT2D eigenvalue weighted by Gasteiger charge is 2.31. The molecule has 1 aromatic carbocycles. The van der Waals surface area contributed by atoms with Gasteiger partial charge < -0.3 is 5.32 Å². The highest BCUT2D eigenvalue weighted by Crippen LogP contribution is 2.31. The Kier molecular flexibility index (Phi) is 5.91.